The lowest BCUT2D eigenvalue weighted by molar-refractivity contribution is -0.125. The average Bonchev–Trinajstić information content (AvgIpc) is 2.39. The lowest BCUT2D eigenvalue weighted by Gasteiger charge is -2.43. The second-order valence-electron chi connectivity index (χ2n) is 6.17. The van der Waals surface area contributed by atoms with Crippen LogP contribution in [0.2, 0.25) is 0 Å². The number of carbonyl (C=O) groups is 1. The van der Waals surface area contributed by atoms with Crippen molar-refractivity contribution in [2.45, 2.75) is 51.6 Å². The van der Waals surface area contributed by atoms with Crippen LogP contribution in [0.15, 0.2) is 0 Å². The van der Waals surface area contributed by atoms with Crippen LogP contribution in [0.25, 0.3) is 0 Å². The average molecular weight is 253 g/mol. The van der Waals surface area contributed by atoms with Gasteiger partial charge in [-0.2, -0.15) is 0 Å². The van der Waals surface area contributed by atoms with Crippen LogP contribution in [-0.4, -0.2) is 42.5 Å². The van der Waals surface area contributed by atoms with Gasteiger partial charge in [-0.25, -0.2) is 0 Å². The highest BCUT2D eigenvalue weighted by atomic mass is 16.1. The van der Waals surface area contributed by atoms with Gasteiger partial charge >= 0.3 is 0 Å². The lowest BCUT2D eigenvalue weighted by Crippen LogP contribution is -2.60. The number of nitrogens with one attached hydrogen (secondary N) is 1. The first-order valence-electron chi connectivity index (χ1n) is 7.35. The van der Waals surface area contributed by atoms with Crippen molar-refractivity contribution in [3.8, 4) is 0 Å². The monoisotopic (exact) mass is 253 g/mol. The molecule has 2 rings (SSSR count). The molecule has 1 saturated carbocycles. The number of nitrogens with zero attached hydrogens (tertiary/aromatic N) is 1. The van der Waals surface area contributed by atoms with E-state index in [1.165, 1.54) is 25.7 Å². The van der Waals surface area contributed by atoms with Crippen molar-refractivity contribution < 1.29 is 4.79 Å². The van der Waals surface area contributed by atoms with Gasteiger partial charge in [-0.3, -0.25) is 9.69 Å². The van der Waals surface area contributed by atoms with E-state index in [1.54, 1.807) is 0 Å². The standard InChI is InChI=1S/C14H27N3O/c1-10(2)11-3-5-12(6-4-11)17-8-7-16-9-13(17)14(15)18/h10-13,16H,3-9H2,1-2H3,(H2,15,18). The zero-order valence-corrected chi connectivity index (χ0v) is 11.7. The molecule has 0 bridgehead atoms. The fraction of sp³-hybridized carbons (Fsp3) is 0.929. The Morgan fingerprint density at radius 1 is 1.28 bits per heavy atom. The molecule has 1 atom stereocenters. The third-order valence-corrected chi connectivity index (χ3v) is 4.77. The largest absolute Gasteiger partial charge is 0.368 e. The van der Waals surface area contributed by atoms with Gasteiger partial charge in [0.25, 0.3) is 0 Å². The second-order valence-corrected chi connectivity index (χ2v) is 6.17. The van der Waals surface area contributed by atoms with Crippen molar-refractivity contribution in [1.29, 1.82) is 0 Å². The minimum atomic E-state index is -0.173. The van der Waals surface area contributed by atoms with Gasteiger partial charge in [-0.1, -0.05) is 13.8 Å². The first-order chi connectivity index (χ1) is 8.59. The molecule has 0 aromatic carbocycles. The summed E-state index contributed by atoms with van der Waals surface area (Å²) < 4.78 is 0. The van der Waals surface area contributed by atoms with Crippen LogP contribution in [0.5, 0.6) is 0 Å². The molecule has 3 N–H and O–H groups in total. The summed E-state index contributed by atoms with van der Waals surface area (Å²) in [5, 5.41) is 3.27. The van der Waals surface area contributed by atoms with E-state index in [0.29, 0.717) is 6.04 Å². The van der Waals surface area contributed by atoms with Crippen molar-refractivity contribution >= 4 is 5.91 Å². The summed E-state index contributed by atoms with van der Waals surface area (Å²) in [5.74, 6) is 1.49. The Hall–Kier alpha value is -0.610. The maximum atomic E-state index is 11.5. The topological polar surface area (TPSA) is 58.4 Å². The molecule has 18 heavy (non-hydrogen) atoms. The maximum Gasteiger partial charge on any atom is 0.236 e. The molecule has 1 aliphatic carbocycles. The quantitative estimate of drug-likeness (QED) is 0.787. The van der Waals surface area contributed by atoms with E-state index in [4.69, 9.17) is 5.73 Å². The van der Waals surface area contributed by atoms with E-state index in [1.807, 2.05) is 0 Å². The predicted molar refractivity (Wildman–Crippen MR) is 73.1 cm³/mol. The highest BCUT2D eigenvalue weighted by Gasteiger charge is 2.34. The predicted octanol–water partition coefficient (Wildman–Crippen LogP) is 0.960. The van der Waals surface area contributed by atoms with E-state index >= 15 is 0 Å². The first kappa shape index (κ1) is 13.8. The number of rotatable bonds is 3. The second kappa shape index (κ2) is 6.02. The van der Waals surface area contributed by atoms with Gasteiger partial charge < -0.3 is 11.1 Å². The molecule has 1 aliphatic heterocycles. The fourth-order valence-corrected chi connectivity index (χ4v) is 3.52. The van der Waals surface area contributed by atoms with Crippen molar-refractivity contribution in [2.24, 2.45) is 17.6 Å². The number of piperazine rings is 1. The molecular weight excluding hydrogens is 226 g/mol. The van der Waals surface area contributed by atoms with Crippen LogP contribution in [-0.2, 0) is 4.79 Å². The van der Waals surface area contributed by atoms with E-state index in [-0.39, 0.29) is 11.9 Å². The van der Waals surface area contributed by atoms with E-state index in [9.17, 15) is 4.79 Å². The van der Waals surface area contributed by atoms with E-state index in [2.05, 4.69) is 24.1 Å². The molecule has 2 fully saturated rings. The number of nitrogens with two attached hydrogens (primary N) is 1. The van der Waals surface area contributed by atoms with Crippen LogP contribution in [0.4, 0.5) is 0 Å². The van der Waals surface area contributed by atoms with Gasteiger partial charge in [-0.15, -0.1) is 0 Å². The smallest absolute Gasteiger partial charge is 0.236 e. The van der Waals surface area contributed by atoms with Crippen LogP contribution >= 0.6 is 0 Å². The third kappa shape index (κ3) is 3.04. The number of carbonyl (C=O) groups excluding carboxylic acids is 1. The molecule has 104 valence electrons. The van der Waals surface area contributed by atoms with Gasteiger partial charge in [0.1, 0.15) is 6.04 Å². The van der Waals surface area contributed by atoms with Crippen LogP contribution in [0.3, 0.4) is 0 Å². The lowest BCUT2D eigenvalue weighted by atomic mass is 9.79. The van der Waals surface area contributed by atoms with Crippen LogP contribution in [0.1, 0.15) is 39.5 Å². The Morgan fingerprint density at radius 3 is 2.50 bits per heavy atom. The minimum Gasteiger partial charge on any atom is -0.368 e. The molecule has 1 saturated heterocycles. The van der Waals surface area contributed by atoms with Crippen molar-refractivity contribution in [1.82, 2.24) is 10.2 Å². The van der Waals surface area contributed by atoms with E-state index in [0.717, 1.165) is 31.5 Å². The third-order valence-electron chi connectivity index (χ3n) is 4.77. The number of hydrogen-bond donors (Lipinski definition) is 2. The molecular formula is C14H27N3O. The Kier molecular flexibility index (Phi) is 4.62. The van der Waals surface area contributed by atoms with Gasteiger partial charge in [0.05, 0.1) is 0 Å². The molecule has 4 heteroatoms. The summed E-state index contributed by atoms with van der Waals surface area (Å²) >= 11 is 0. The normalized spacial score (nSPS) is 34.7. The molecule has 0 aromatic rings. The van der Waals surface area contributed by atoms with Crippen molar-refractivity contribution in [2.75, 3.05) is 19.6 Å². The highest BCUT2D eigenvalue weighted by Crippen LogP contribution is 2.33. The summed E-state index contributed by atoms with van der Waals surface area (Å²) in [7, 11) is 0. The highest BCUT2D eigenvalue weighted by molar-refractivity contribution is 5.80. The summed E-state index contributed by atoms with van der Waals surface area (Å²) in [4.78, 5) is 13.9. The Balaban J connectivity index is 1.93. The maximum absolute atomic E-state index is 11.5. The first-order valence-corrected chi connectivity index (χ1v) is 7.35. The number of primary amides is 1. The molecule has 1 amide bonds. The zero-order valence-electron chi connectivity index (χ0n) is 11.7. The fourth-order valence-electron chi connectivity index (χ4n) is 3.52. The molecule has 1 unspecified atom stereocenters. The molecule has 0 spiro atoms. The van der Waals surface area contributed by atoms with Gasteiger partial charge in [0.2, 0.25) is 5.91 Å². The molecule has 1 heterocycles. The minimum absolute atomic E-state index is 0.0978. The molecule has 4 nitrogen and oxygen atoms in total. The van der Waals surface area contributed by atoms with Crippen molar-refractivity contribution in [3.63, 3.8) is 0 Å². The van der Waals surface area contributed by atoms with Crippen LogP contribution in [0, 0.1) is 11.8 Å². The van der Waals surface area contributed by atoms with Crippen molar-refractivity contribution in [3.05, 3.63) is 0 Å². The molecule has 0 radical (unpaired) electrons. The Labute approximate surface area is 110 Å². The molecule has 2 aliphatic rings. The number of hydrogen-bond acceptors (Lipinski definition) is 3. The summed E-state index contributed by atoms with van der Waals surface area (Å²) in [6, 6.07) is 0.471. The van der Waals surface area contributed by atoms with Gasteiger partial charge in [0.15, 0.2) is 0 Å². The molecule has 0 aromatic heterocycles. The SMILES string of the molecule is CC(C)C1CCC(N2CCNCC2C(N)=O)CC1. The summed E-state index contributed by atoms with van der Waals surface area (Å²) in [6.45, 7) is 7.31. The Morgan fingerprint density at radius 2 is 1.94 bits per heavy atom. The number of amides is 1. The van der Waals surface area contributed by atoms with Gasteiger partial charge in [0, 0.05) is 25.7 Å². The van der Waals surface area contributed by atoms with E-state index < -0.39 is 0 Å². The Bertz CT molecular complexity index is 285. The van der Waals surface area contributed by atoms with Gasteiger partial charge in [-0.05, 0) is 37.5 Å². The zero-order chi connectivity index (χ0) is 13.1. The summed E-state index contributed by atoms with van der Waals surface area (Å²) in [6.07, 6.45) is 5.06. The summed E-state index contributed by atoms with van der Waals surface area (Å²) in [5.41, 5.74) is 5.52. The van der Waals surface area contributed by atoms with Crippen LogP contribution < -0.4 is 11.1 Å².